The lowest BCUT2D eigenvalue weighted by Crippen LogP contribution is -2.53. The van der Waals surface area contributed by atoms with Gasteiger partial charge in [-0.3, -0.25) is 13.9 Å². The van der Waals surface area contributed by atoms with Crippen LogP contribution in [-0.2, 0) is 32.6 Å². The first-order valence-corrected chi connectivity index (χ1v) is 17.4. The Morgan fingerprint density at radius 3 is 2.15 bits per heavy atom. The molecule has 0 aliphatic carbocycles. The van der Waals surface area contributed by atoms with Gasteiger partial charge < -0.3 is 10.2 Å². The number of hydrogen-bond donors (Lipinski definition) is 1. The minimum absolute atomic E-state index is 0.000607. The molecule has 0 saturated heterocycles. The van der Waals surface area contributed by atoms with E-state index in [1.165, 1.54) is 17.0 Å². The summed E-state index contributed by atoms with van der Waals surface area (Å²) in [6.07, 6.45) is 1.89. The smallest absolute Gasteiger partial charge is 0.264 e. The van der Waals surface area contributed by atoms with Crippen molar-refractivity contribution >= 4 is 50.7 Å². The van der Waals surface area contributed by atoms with Gasteiger partial charge in [0.15, 0.2) is 0 Å². The van der Waals surface area contributed by atoms with Crippen LogP contribution in [0.2, 0.25) is 10.0 Å². The number of carbonyl (C=O) groups is 2. The highest BCUT2D eigenvalue weighted by Gasteiger charge is 2.35. The lowest BCUT2D eigenvalue weighted by molar-refractivity contribution is -0.140. The first kappa shape index (κ1) is 35.0. The van der Waals surface area contributed by atoms with E-state index in [1.807, 2.05) is 50.2 Å². The number of carbonyl (C=O) groups excluding carboxylic acids is 2. The highest BCUT2D eigenvalue weighted by atomic mass is 35.5. The summed E-state index contributed by atoms with van der Waals surface area (Å²) in [5, 5.41) is 3.65. The second kappa shape index (κ2) is 16.1. The molecule has 0 fully saturated rings. The summed E-state index contributed by atoms with van der Waals surface area (Å²) in [5.41, 5.74) is 3.46. The van der Waals surface area contributed by atoms with Gasteiger partial charge in [0.1, 0.15) is 12.6 Å². The zero-order valence-corrected chi connectivity index (χ0v) is 28.6. The summed E-state index contributed by atoms with van der Waals surface area (Å²) in [4.78, 5) is 29.9. The summed E-state index contributed by atoms with van der Waals surface area (Å²) >= 11 is 12.5. The first-order chi connectivity index (χ1) is 22.0. The van der Waals surface area contributed by atoms with Crippen LogP contribution in [0.4, 0.5) is 5.69 Å². The van der Waals surface area contributed by atoms with Crippen molar-refractivity contribution in [1.82, 2.24) is 10.2 Å². The van der Waals surface area contributed by atoms with Gasteiger partial charge in [-0.25, -0.2) is 8.42 Å². The molecule has 7 nitrogen and oxygen atoms in total. The maximum absolute atomic E-state index is 14.6. The van der Waals surface area contributed by atoms with Crippen molar-refractivity contribution in [2.75, 3.05) is 17.4 Å². The van der Waals surface area contributed by atoms with Gasteiger partial charge in [-0.1, -0.05) is 109 Å². The SMILES string of the molecule is CCCCNC(=O)C(Cc1ccccc1)N(Cc1ccc(Cl)c(Cl)c1)C(=O)CN(c1ccccc1C)S(=O)(=O)c1ccc(C)cc1. The molecular weight excluding hydrogens is 641 g/mol. The van der Waals surface area contributed by atoms with E-state index in [0.29, 0.717) is 33.4 Å². The van der Waals surface area contributed by atoms with Crippen molar-refractivity contribution in [3.63, 3.8) is 0 Å². The Bertz CT molecular complexity index is 1750. The number of amides is 2. The molecule has 2 amide bonds. The fraction of sp³-hybridized carbons (Fsp3) is 0.278. The molecule has 242 valence electrons. The Hall–Kier alpha value is -3.85. The maximum Gasteiger partial charge on any atom is 0.264 e. The van der Waals surface area contributed by atoms with Crippen LogP contribution in [0, 0.1) is 13.8 Å². The summed E-state index contributed by atoms with van der Waals surface area (Å²) in [6.45, 7) is 5.62. The molecule has 0 heterocycles. The highest BCUT2D eigenvalue weighted by Crippen LogP contribution is 2.29. The monoisotopic (exact) mass is 679 g/mol. The van der Waals surface area contributed by atoms with Crippen molar-refractivity contribution in [3.8, 4) is 0 Å². The second-order valence-electron chi connectivity index (χ2n) is 11.2. The van der Waals surface area contributed by atoms with Gasteiger partial charge in [0.05, 0.1) is 20.6 Å². The van der Waals surface area contributed by atoms with Crippen LogP contribution in [0.3, 0.4) is 0 Å². The highest BCUT2D eigenvalue weighted by molar-refractivity contribution is 7.92. The molecule has 1 atom stereocenters. The molecule has 4 aromatic rings. The Morgan fingerprint density at radius 2 is 1.50 bits per heavy atom. The predicted molar refractivity (Wildman–Crippen MR) is 186 cm³/mol. The van der Waals surface area contributed by atoms with E-state index in [2.05, 4.69) is 5.32 Å². The fourth-order valence-electron chi connectivity index (χ4n) is 5.09. The van der Waals surface area contributed by atoms with Gasteiger partial charge in [0.25, 0.3) is 10.0 Å². The summed E-state index contributed by atoms with van der Waals surface area (Å²) in [5.74, 6) is -0.869. The van der Waals surface area contributed by atoms with Gasteiger partial charge in [0, 0.05) is 19.5 Å². The van der Waals surface area contributed by atoms with E-state index in [-0.39, 0.29) is 23.8 Å². The number of aryl methyl sites for hydroxylation is 2. The van der Waals surface area contributed by atoms with Crippen molar-refractivity contribution in [1.29, 1.82) is 0 Å². The van der Waals surface area contributed by atoms with E-state index in [1.54, 1.807) is 55.5 Å². The zero-order valence-electron chi connectivity index (χ0n) is 26.2. The minimum Gasteiger partial charge on any atom is -0.354 e. The minimum atomic E-state index is -4.18. The molecule has 4 rings (SSSR count). The summed E-state index contributed by atoms with van der Waals surface area (Å²) in [6, 6.07) is 27.0. The third kappa shape index (κ3) is 8.90. The Balaban J connectivity index is 1.81. The number of para-hydroxylation sites is 1. The predicted octanol–water partition coefficient (Wildman–Crippen LogP) is 7.36. The lowest BCUT2D eigenvalue weighted by atomic mass is 10.0. The number of rotatable bonds is 14. The topological polar surface area (TPSA) is 86.8 Å². The molecule has 0 aliphatic heterocycles. The average molecular weight is 681 g/mol. The van der Waals surface area contributed by atoms with E-state index >= 15 is 0 Å². The van der Waals surface area contributed by atoms with Crippen LogP contribution in [0.1, 0.15) is 42.0 Å². The second-order valence-corrected chi connectivity index (χ2v) is 13.9. The van der Waals surface area contributed by atoms with E-state index in [0.717, 1.165) is 28.3 Å². The van der Waals surface area contributed by atoms with Crippen molar-refractivity contribution < 1.29 is 18.0 Å². The fourth-order valence-corrected chi connectivity index (χ4v) is 6.89. The molecule has 4 aromatic carbocycles. The first-order valence-electron chi connectivity index (χ1n) is 15.2. The number of halogens is 2. The Labute approximate surface area is 282 Å². The van der Waals surface area contributed by atoms with Gasteiger partial charge in [-0.2, -0.15) is 0 Å². The zero-order chi connectivity index (χ0) is 33.3. The van der Waals surface area contributed by atoms with Gasteiger partial charge >= 0.3 is 0 Å². The molecule has 0 radical (unpaired) electrons. The maximum atomic E-state index is 14.6. The molecular formula is C36H39Cl2N3O4S. The molecule has 1 N–H and O–H groups in total. The number of sulfonamides is 1. The standard InChI is InChI=1S/C36H39Cl2N3O4S/c1-4-5-21-39-36(43)34(23-28-12-7-6-8-13-28)40(24-29-17-20-31(37)32(38)22-29)35(42)25-41(33-14-10-9-11-27(33)3)46(44,45)30-18-15-26(2)16-19-30/h6-20,22,34H,4-5,21,23-25H2,1-3H3,(H,39,43). The molecule has 1 unspecified atom stereocenters. The molecule has 46 heavy (non-hydrogen) atoms. The van der Waals surface area contributed by atoms with Gasteiger partial charge in [0.2, 0.25) is 11.8 Å². The van der Waals surface area contributed by atoms with Crippen molar-refractivity contribution in [3.05, 3.63) is 129 Å². The summed E-state index contributed by atoms with van der Waals surface area (Å²) < 4.78 is 29.5. The van der Waals surface area contributed by atoms with Crippen LogP contribution in [0.5, 0.6) is 0 Å². The van der Waals surface area contributed by atoms with Gasteiger partial charge in [-0.05, 0) is 67.3 Å². The van der Waals surface area contributed by atoms with Crippen LogP contribution in [0.25, 0.3) is 0 Å². The van der Waals surface area contributed by atoms with E-state index < -0.39 is 28.5 Å². The number of nitrogens with zero attached hydrogens (tertiary/aromatic N) is 2. The number of nitrogens with one attached hydrogen (secondary N) is 1. The normalized spacial score (nSPS) is 11.9. The molecule has 10 heteroatoms. The third-order valence-electron chi connectivity index (χ3n) is 7.71. The lowest BCUT2D eigenvalue weighted by Gasteiger charge is -2.34. The van der Waals surface area contributed by atoms with Crippen LogP contribution in [-0.4, -0.2) is 44.3 Å². The van der Waals surface area contributed by atoms with Gasteiger partial charge in [-0.15, -0.1) is 0 Å². The molecule has 0 spiro atoms. The third-order valence-corrected chi connectivity index (χ3v) is 10.2. The number of hydrogen-bond acceptors (Lipinski definition) is 4. The van der Waals surface area contributed by atoms with Crippen molar-refractivity contribution in [2.45, 2.75) is 57.5 Å². The largest absolute Gasteiger partial charge is 0.354 e. The van der Waals surface area contributed by atoms with Crippen LogP contribution in [0.15, 0.2) is 102 Å². The Morgan fingerprint density at radius 1 is 0.826 bits per heavy atom. The molecule has 0 bridgehead atoms. The van der Waals surface area contributed by atoms with Crippen LogP contribution >= 0.6 is 23.2 Å². The number of unbranched alkanes of at least 4 members (excludes halogenated alkanes) is 1. The molecule has 0 aromatic heterocycles. The number of anilines is 1. The summed E-state index contributed by atoms with van der Waals surface area (Å²) in [7, 11) is -4.18. The number of benzene rings is 4. The average Bonchev–Trinajstić information content (AvgIpc) is 3.04. The van der Waals surface area contributed by atoms with Crippen molar-refractivity contribution in [2.24, 2.45) is 0 Å². The van der Waals surface area contributed by atoms with E-state index in [4.69, 9.17) is 23.2 Å². The molecule has 0 saturated carbocycles. The quantitative estimate of drug-likeness (QED) is 0.141. The molecule has 0 aliphatic rings. The van der Waals surface area contributed by atoms with E-state index in [9.17, 15) is 18.0 Å². The van der Waals surface area contributed by atoms with Crippen LogP contribution < -0.4 is 9.62 Å². The Kier molecular flexibility index (Phi) is 12.3.